The molecule has 0 radical (unpaired) electrons. The summed E-state index contributed by atoms with van der Waals surface area (Å²) in [5.41, 5.74) is 6.31. The van der Waals surface area contributed by atoms with E-state index in [0.717, 1.165) is 12.0 Å². The number of amides is 1. The van der Waals surface area contributed by atoms with E-state index in [1.54, 1.807) is 12.1 Å². The van der Waals surface area contributed by atoms with Crippen molar-refractivity contribution in [1.29, 1.82) is 0 Å². The maximum Gasteiger partial charge on any atom is 0.311 e. The van der Waals surface area contributed by atoms with Gasteiger partial charge in [0, 0.05) is 24.4 Å². The summed E-state index contributed by atoms with van der Waals surface area (Å²) in [6.07, 6.45) is 0.737. The van der Waals surface area contributed by atoms with Crippen LogP contribution in [0.3, 0.4) is 0 Å². The maximum absolute atomic E-state index is 11.6. The number of ether oxygens (including phenoxy) is 1. The molecule has 3 N–H and O–H groups in total. The molecule has 0 heterocycles. The van der Waals surface area contributed by atoms with Gasteiger partial charge in [0.1, 0.15) is 0 Å². The van der Waals surface area contributed by atoms with E-state index >= 15 is 0 Å². The highest BCUT2D eigenvalue weighted by Gasteiger charge is 2.15. The first-order chi connectivity index (χ1) is 10.4. The minimum Gasteiger partial charge on any atom is -0.490 e. The van der Waals surface area contributed by atoms with E-state index in [-0.39, 0.29) is 23.4 Å². The molecule has 0 saturated carbocycles. The first kappa shape index (κ1) is 18.2. The van der Waals surface area contributed by atoms with E-state index in [1.807, 2.05) is 6.92 Å². The van der Waals surface area contributed by atoms with Crippen LogP contribution in [0.5, 0.6) is 5.75 Å². The Bertz CT molecular complexity index is 523. The zero-order valence-corrected chi connectivity index (χ0v) is 13.5. The molecule has 1 rings (SSSR count). The predicted molar refractivity (Wildman–Crippen MR) is 87.1 cm³/mol. The predicted octanol–water partition coefficient (Wildman–Crippen LogP) is 1.69. The third-order valence-electron chi connectivity index (χ3n) is 2.86. The molecule has 0 saturated heterocycles. The van der Waals surface area contributed by atoms with Crippen LogP contribution >= 0.6 is 11.8 Å². The summed E-state index contributed by atoms with van der Waals surface area (Å²) in [6.45, 7) is 2.45. The van der Waals surface area contributed by atoms with Gasteiger partial charge in [0.2, 0.25) is 5.91 Å². The molecule has 0 aliphatic rings. The van der Waals surface area contributed by atoms with Crippen LogP contribution in [0.4, 0.5) is 5.69 Å². The average molecular weight is 327 g/mol. The Kier molecular flexibility index (Phi) is 7.69. The van der Waals surface area contributed by atoms with Crippen LogP contribution in [0.25, 0.3) is 0 Å². The van der Waals surface area contributed by atoms with Gasteiger partial charge in [-0.3, -0.25) is 14.9 Å². The standard InChI is InChI=1S/C14H21N3O4S/c1-10(15)5-6-16-14(18)9-22-8-11-3-4-13(21-2)12(7-11)17(19)20/h3-4,7,10H,5-6,8-9,15H2,1-2H3,(H,16,18). The summed E-state index contributed by atoms with van der Waals surface area (Å²) in [5, 5.41) is 13.7. The van der Waals surface area contributed by atoms with E-state index in [2.05, 4.69) is 5.32 Å². The highest BCUT2D eigenvalue weighted by Crippen LogP contribution is 2.28. The second kappa shape index (κ2) is 9.26. The quantitative estimate of drug-likeness (QED) is 0.528. The van der Waals surface area contributed by atoms with Gasteiger partial charge in [-0.1, -0.05) is 6.07 Å². The number of nitro benzene ring substituents is 1. The van der Waals surface area contributed by atoms with E-state index in [9.17, 15) is 14.9 Å². The second-order valence-corrected chi connectivity index (χ2v) is 5.86. The van der Waals surface area contributed by atoms with Crippen LogP contribution in [-0.2, 0) is 10.5 Å². The van der Waals surface area contributed by atoms with Gasteiger partial charge in [0.05, 0.1) is 17.8 Å². The number of methoxy groups -OCH3 is 1. The number of hydrogen-bond acceptors (Lipinski definition) is 6. The first-order valence-corrected chi connectivity index (χ1v) is 8.00. The van der Waals surface area contributed by atoms with E-state index < -0.39 is 4.92 Å². The summed E-state index contributed by atoms with van der Waals surface area (Å²) < 4.78 is 4.95. The lowest BCUT2D eigenvalue weighted by atomic mass is 10.2. The number of nitro groups is 1. The lowest BCUT2D eigenvalue weighted by Crippen LogP contribution is -2.30. The molecule has 22 heavy (non-hydrogen) atoms. The molecular formula is C14H21N3O4S. The number of nitrogens with one attached hydrogen (secondary N) is 1. The van der Waals surface area contributed by atoms with Crippen LogP contribution in [-0.4, -0.2) is 36.3 Å². The molecule has 0 fully saturated rings. The van der Waals surface area contributed by atoms with E-state index in [1.165, 1.54) is 24.9 Å². The number of hydrogen-bond donors (Lipinski definition) is 2. The Morgan fingerprint density at radius 2 is 2.27 bits per heavy atom. The van der Waals surface area contributed by atoms with Gasteiger partial charge in [0.15, 0.2) is 5.75 Å². The van der Waals surface area contributed by atoms with Gasteiger partial charge < -0.3 is 15.8 Å². The van der Waals surface area contributed by atoms with Gasteiger partial charge in [-0.15, -0.1) is 11.8 Å². The van der Waals surface area contributed by atoms with Gasteiger partial charge in [-0.05, 0) is 25.0 Å². The Morgan fingerprint density at radius 3 is 2.86 bits per heavy atom. The first-order valence-electron chi connectivity index (χ1n) is 6.85. The van der Waals surface area contributed by atoms with Crippen LogP contribution < -0.4 is 15.8 Å². The number of nitrogens with two attached hydrogens (primary N) is 1. The van der Waals surface area contributed by atoms with Crippen molar-refractivity contribution in [1.82, 2.24) is 5.32 Å². The minimum atomic E-state index is -0.478. The Balaban J connectivity index is 2.43. The van der Waals surface area contributed by atoms with Crippen molar-refractivity contribution in [3.63, 3.8) is 0 Å². The summed E-state index contributed by atoms with van der Waals surface area (Å²) in [5.74, 6) is 0.991. The molecule has 0 spiro atoms. The zero-order valence-electron chi connectivity index (χ0n) is 12.7. The van der Waals surface area contributed by atoms with Crippen molar-refractivity contribution in [3.8, 4) is 5.75 Å². The van der Waals surface area contributed by atoms with Crippen molar-refractivity contribution < 1.29 is 14.5 Å². The number of rotatable bonds is 9. The van der Waals surface area contributed by atoms with Crippen molar-refractivity contribution in [2.45, 2.75) is 25.1 Å². The topological polar surface area (TPSA) is 107 Å². The lowest BCUT2D eigenvalue weighted by Gasteiger charge is -2.07. The molecule has 122 valence electrons. The van der Waals surface area contributed by atoms with Crippen LogP contribution in [0.1, 0.15) is 18.9 Å². The fourth-order valence-corrected chi connectivity index (χ4v) is 2.52. The molecule has 0 aliphatic heterocycles. The zero-order chi connectivity index (χ0) is 16.5. The summed E-state index contributed by atoms with van der Waals surface area (Å²) in [7, 11) is 1.39. The SMILES string of the molecule is COc1ccc(CSCC(=O)NCCC(C)N)cc1[N+](=O)[O-]. The highest BCUT2D eigenvalue weighted by molar-refractivity contribution is 7.99. The number of thioether (sulfide) groups is 1. The van der Waals surface area contributed by atoms with Gasteiger partial charge in [-0.25, -0.2) is 0 Å². The second-order valence-electron chi connectivity index (χ2n) is 4.87. The van der Waals surface area contributed by atoms with Crippen molar-refractivity contribution in [2.75, 3.05) is 19.4 Å². The molecule has 8 heteroatoms. The normalized spacial score (nSPS) is 11.8. The Morgan fingerprint density at radius 1 is 1.55 bits per heavy atom. The molecule has 0 aliphatic carbocycles. The van der Waals surface area contributed by atoms with Crippen LogP contribution in [0.2, 0.25) is 0 Å². The molecule has 7 nitrogen and oxygen atoms in total. The van der Waals surface area contributed by atoms with Crippen LogP contribution in [0.15, 0.2) is 18.2 Å². The fourth-order valence-electron chi connectivity index (χ4n) is 1.72. The van der Waals surface area contributed by atoms with E-state index in [0.29, 0.717) is 18.1 Å². The molecule has 1 amide bonds. The average Bonchev–Trinajstić information content (AvgIpc) is 2.46. The number of nitrogens with zero attached hydrogens (tertiary/aromatic N) is 1. The smallest absolute Gasteiger partial charge is 0.311 e. The van der Waals surface area contributed by atoms with Gasteiger partial charge in [-0.2, -0.15) is 0 Å². The van der Waals surface area contributed by atoms with Crippen LogP contribution in [0, 0.1) is 10.1 Å². The van der Waals surface area contributed by atoms with E-state index in [4.69, 9.17) is 10.5 Å². The third-order valence-corrected chi connectivity index (χ3v) is 3.87. The minimum absolute atomic E-state index is 0.0614. The molecule has 1 unspecified atom stereocenters. The van der Waals surface area contributed by atoms with Gasteiger partial charge in [0.25, 0.3) is 0 Å². The number of carbonyl (C=O) groups is 1. The maximum atomic E-state index is 11.6. The third kappa shape index (κ3) is 6.31. The summed E-state index contributed by atoms with van der Waals surface area (Å²) >= 11 is 1.40. The summed E-state index contributed by atoms with van der Waals surface area (Å²) in [6, 6.07) is 4.86. The molecule has 1 aromatic rings. The summed E-state index contributed by atoms with van der Waals surface area (Å²) in [4.78, 5) is 22.0. The largest absolute Gasteiger partial charge is 0.490 e. The molecule has 1 aromatic carbocycles. The van der Waals surface area contributed by atoms with Crippen molar-refractivity contribution in [2.24, 2.45) is 5.73 Å². The monoisotopic (exact) mass is 327 g/mol. The number of carbonyl (C=O) groups excluding carboxylic acids is 1. The van der Waals surface area contributed by atoms with Gasteiger partial charge >= 0.3 is 5.69 Å². The molecule has 0 aromatic heterocycles. The molecular weight excluding hydrogens is 306 g/mol. The lowest BCUT2D eigenvalue weighted by molar-refractivity contribution is -0.385. The Labute approximate surface area is 133 Å². The molecule has 1 atom stereocenters. The van der Waals surface area contributed by atoms with Crippen molar-refractivity contribution >= 4 is 23.4 Å². The fraction of sp³-hybridized carbons (Fsp3) is 0.500. The number of benzene rings is 1. The Hall–Kier alpha value is -1.80. The van der Waals surface area contributed by atoms with Crippen molar-refractivity contribution in [3.05, 3.63) is 33.9 Å². The molecule has 0 bridgehead atoms. The highest BCUT2D eigenvalue weighted by atomic mass is 32.2.